The summed E-state index contributed by atoms with van der Waals surface area (Å²) in [6, 6.07) is 0. The van der Waals surface area contributed by atoms with Gasteiger partial charge in [-0.25, -0.2) is 9.79 Å². The van der Waals surface area contributed by atoms with Crippen molar-refractivity contribution < 1.29 is 4.79 Å². The Balaban J connectivity index is 0.000000217. The van der Waals surface area contributed by atoms with E-state index in [-0.39, 0.29) is 0 Å². The maximum atomic E-state index is 9.11. The van der Waals surface area contributed by atoms with Crippen molar-refractivity contribution in [2.75, 3.05) is 18.1 Å². The van der Waals surface area contributed by atoms with Crippen molar-refractivity contribution in [2.24, 2.45) is 4.99 Å². The Hall–Kier alpha value is -0.180. The van der Waals surface area contributed by atoms with Gasteiger partial charge < -0.3 is 0 Å². The molecule has 1 aliphatic heterocycles. The van der Waals surface area contributed by atoms with E-state index in [1.807, 2.05) is 0 Å². The van der Waals surface area contributed by atoms with Gasteiger partial charge in [0, 0.05) is 6.54 Å². The molecule has 12 heavy (non-hydrogen) atoms. The van der Waals surface area contributed by atoms with Crippen molar-refractivity contribution in [1.29, 1.82) is 0 Å². The largest absolute Gasteiger partial charge is 0.234 e. The van der Waals surface area contributed by atoms with Crippen LogP contribution < -0.4 is 0 Å². The predicted molar refractivity (Wildman–Crippen MR) is 62.4 cm³/mol. The smallest absolute Gasteiger partial charge is 0.211 e. The summed E-state index contributed by atoms with van der Waals surface area (Å²) in [6.07, 6.45) is 2.77. The summed E-state index contributed by atoms with van der Waals surface area (Å²) in [5, 5.41) is 0. The van der Waals surface area contributed by atoms with Crippen LogP contribution in [0, 0.1) is 0 Å². The molecule has 1 aliphatic rings. The summed E-state index contributed by atoms with van der Waals surface area (Å²) < 4.78 is 0. The van der Waals surface area contributed by atoms with Crippen LogP contribution in [0.5, 0.6) is 0 Å². The molecule has 0 aromatic carbocycles. The van der Waals surface area contributed by atoms with Crippen LogP contribution in [0.15, 0.2) is 4.99 Å². The quantitative estimate of drug-likeness (QED) is 0.279. The van der Waals surface area contributed by atoms with Crippen LogP contribution in [0.2, 0.25) is 0 Å². The molecule has 0 bridgehead atoms. The third-order valence-electron chi connectivity index (χ3n) is 1.30. The van der Waals surface area contributed by atoms with Gasteiger partial charge in [0.1, 0.15) is 0 Å². The molecule has 0 radical (unpaired) electrons. The lowest BCUT2D eigenvalue weighted by Gasteiger charge is -1.93. The fourth-order valence-electron chi connectivity index (χ4n) is 0.681. The highest BCUT2D eigenvalue weighted by atomic mass is 33.1. The summed E-state index contributed by atoms with van der Waals surface area (Å²) in [5.41, 5.74) is 0. The van der Waals surface area contributed by atoms with E-state index >= 15 is 0 Å². The molecule has 2 unspecified atom stereocenters. The van der Waals surface area contributed by atoms with Gasteiger partial charge in [0.15, 0.2) is 0 Å². The van der Waals surface area contributed by atoms with Gasteiger partial charge in [0.25, 0.3) is 0 Å². The Morgan fingerprint density at radius 1 is 1.42 bits per heavy atom. The maximum Gasteiger partial charge on any atom is 0.234 e. The fourth-order valence-corrected chi connectivity index (χ4v) is 4.39. The lowest BCUT2D eigenvalue weighted by molar-refractivity contribution is 0.563. The molecule has 1 rings (SSSR count). The van der Waals surface area contributed by atoms with Crippen LogP contribution in [-0.4, -0.2) is 35.9 Å². The molecule has 0 aromatic heterocycles. The monoisotopic (exact) mass is 205 g/mol. The lowest BCUT2D eigenvalue weighted by atomic mass is 10.6. The molecular formula is C8H15NOS2. The van der Waals surface area contributed by atoms with Gasteiger partial charge in [-0.2, -0.15) is 0 Å². The minimum Gasteiger partial charge on any atom is -0.211 e. The van der Waals surface area contributed by atoms with Crippen LogP contribution in [0.4, 0.5) is 0 Å². The molecule has 2 nitrogen and oxygen atoms in total. The van der Waals surface area contributed by atoms with Gasteiger partial charge in [0.2, 0.25) is 6.08 Å². The molecule has 0 spiro atoms. The van der Waals surface area contributed by atoms with E-state index in [1.165, 1.54) is 24.0 Å². The van der Waals surface area contributed by atoms with E-state index in [4.69, 9.17) is 4.79 Å². The Morgan fingerprint density at radius 2 is 1.92 bits per heavy atom. The van der Waals surface area contributed by atoms with Crippen molar-refractivity contribution >= 4 is 36.9 Å². The number of hydrogen-bond acceptors (Lipinski definition) is 2. The minimum absolute atomic E-state index is 0.449. The summed E-state index contributed by atoms with van der Waals surface area (Å²) >= 11 is 0. The van der Waals surface area contributed by atoms with Crippen molar-refractivity contribution in [3.63, 3.8) is 0 Å². The molecule has 1 saturated heterocycles. The predicted octanol–water partition coefficient (Wildman–Crippen LogP) is 2.05. The molecular weight excluding hydrogens is 190 g/mol. The number of nitrogens with zero attached hydrogens (tertiary/aromatic N) is 1. The van der Waals surface area contributed by atoms with E-state index in [1.54, 1.807) is 6.92 Å². The first-order valence-corrected chi connectivity index (χ1v) is 7.42. The molecule has 2 atom stereocenters. The zero-order valence-electron chi connectivity index (χ0n) is 7.41. The van der Waals surface area contributed by atoms with Gasteiger partial charge in [-0.1, -0.05) is 11.7 Å². The first kappa shape index (κ1) is 11.8. The van der Waals surface area contributed by atoms with Crippen molar-refractivity contribution in [3.8, 4) is 0 Å². The second-order valence-corrected chi connectivity index (χ2v) is 7.61. The first-order valence-electron chi connectivity index (χ1n) is 3.77. The topological polar surface area (TPSA) is 29.4 Å². The molecule has 0 aromatic rings. The molecule has 0 amide bonds. The summed E-state index contributed by atoms with van der Waals surface area (Å²) in [4.78, 5) is 12.3. The third-order valence-corrected chi connectivity index (χ3v) is 6.45. The number of isocyanates is 1. The molecule has 0 saturated carbocycles. The van der Waals surface area contributed by atoms with Gasteiger partial charge in [-0.05, 0) is 24.9 Å². The molecule has 0 aliphatic carbocycles. The van der Waals surface area contributed by atoms with Crippen LogP contribution in [0.25, 0.3) is 0 Å². The van der Waals surface area contributed by atoms with Gasteiger partial charge in [0.05, 0.1) is 0 Å². The molecule has 4 heteroatoms. The molecule has 1 fully saturated rings. The van der Waals surface area contributed by atoms with E-state index < -0.39 is 0 Å². The maximum absolute atomic E-state index is 9.11. The average molecular weight is 205 g/mol. The molecule has 0 N–H and O–H groups in total. The Labute approximate surface area is 78.3 Å². The second kappa shape index (κ2) is 7.47. The van der Waals surface area contributed by atoms with Crippen LogP contribution >= 0.6 is 19.0 Å². The third kappa shape index (κ3) is 5.47. The summed E-state index contributed by atoms with van der Waals surface area (Å²) in [5.74, 6) is 10.7. The zero-order chi connectivity index (χ0) is 9.40. The highest BCUT2D eigenvalue weighted by molar-refractivity contribution is 8.89. The number of rotatable bonds is 1. The Morgan fingerprint density at radius 3 is 2.00 bits per heavy atom. The van der Waals surface area contributed by atoms with Gasteiger partial charge in [-0.3, -0.25) is 0 Å². The Bertz CT molecular complexity index is 205. The Kier molecular flexibility index (Phi) is 7.36. The van der Waals surface area contributed by atoms with Crippen LogP contribution in [0.1, 0.15) is 13.3 Å². The molecule has 1 heterocycles. The van der Waals surface area contributed by atoms with Crippen LogP contribution in [0.3, 0.4) is 0 Å². The number of aliphatic imine (C=N–C) groups is 1. The van der Waals surface area contributed by atoms with Crippen LogP contribution in [-0.2, 0) is 4.79 Å². The summed E-state index contributed by atoms with van der Waals surface area (Å²) in [7, 11) is 0.898. The summed E-state index contributed by atoms with van der Waals surface area (Å²) in [6.45, 7) is 2.33. The normalized spacial score (nSPS) is 26.8. The van der Waals surface area contributed by atoms with Crippen molar-refractivity contribution in [1.82, 2.24) is 0 Å². The van der Waals surface area contributed by atoms with E-state index in [2.05, 4.69) is 16.7 Å². The molecule has 70 valence electrons. The lowest BCUT2D eigenvalue weighted by Crippen LogP contribution is -1.65. The SMILES string of the molecule is C=S1CCCS1=C.CCN=C=O. The second-order valence-electron chi connectivity index (χ2n) is 2.21. The van der Waals surface area contributed by atoms with E-state index in [0.29, 0.717) is 25.6 Å². The average Bonchev–Trinajstić information content (AvgIpc) is 2.39. The highest BCUT2D eigenvalue weighted by Crippen LogP contribution is 2.41. The standard InChI is InChI=1S/C5H10S2.C3H5NO/c1-6-4-3-5-7(6)2;1-2-4-3-5/h1-5H2;2H2,1H3. The van der Waals surface area contributed by atoms with E-state index in [9.17, 15) is 0 Å². The highest BCUT2D eigenvalue weighted by Gasteiger charge is 2.04. The first-order chi connectivity index (χ1) is 5.72. The zero-order valence-corrected chi connectivity index (χ0v) is 9.05. The number of hydrogen-bond donors (Lipinski definition) is 0. The van der Waals surface area contributed by atoms with Gasteiger partial charge in [-0.15, -0.1) is 19.0 Å². The fraction of sp³-hybridized carbons (Fsp3) is 0.625. The number of carbonyl (C=O) groups excluding carboxylic acids is 1. The van der Waals surface area contributed by atoms with Crippen molar-refractivity contribution in [3.05, 3.63) is 0 Å². The van der Waals surface area contributed by atoms with Crippen molar-refractivity contribution in [2.45, 2.75) is 13.3 Å². The van der Waals surface area contributed by atoms with Gasteiger partial charge >= 0.3 is 0 Å². The minimum atomic E-state index is 0.449. The van der Waals surface area contributed by atoms with E-state index in [0.717, 1.165) is 0 Å².